The molecule has 0 spiro atoms. The first kappa shape index (κ1) is 27.9. The number of carboxylic acid groups (broad SMARTS) is 1. The molecule has 0 aliphatic carbocycles. The summed E-state index contributed by atoms with van der Waals surface area (Å²) < 4.78 is 57.4. The maximum absolute atomic E-state index is 15.0. The molecule has 0 unspecified atom stereocenters. The summed E-state index contributed by atoms with van der Waals surface area (Å²) in [5.74, 6) is -2.13. The second-order valence-electron chi connectivity index (χ2n) is 9.21. The van der Waals surface area contributed by atoms with Crippen molar-refractivity contribution in [1.82, 2.24) is 4.90 Å². The van der Waals surface area contributed by atoms with Crippen molar-refractivity contribution in [3.05, 3.63) is 126 Å². The van der Waals surface area contributed by atoms with Gasteiger partial charge < -0.3 is 9.84 Å². The van der Waals surface area contributed by atoms with Crippen molar-refractivity contribution in [2.24, 2.45) is 0 Å². The van der Waals surface area contributed by atoms with E-state index in [0.717, 1.165) is 17.2 Å². The van der Waals surface area contributed by atoms with Gasteiger partial charge in [-0.05, 0) is 65.1 Å². The maximum atomic E-state index is 15.0. The van der Waals surface area contributed by atoms with Crippen molar-refractivity contribution in [3.8, 4) is 16.9 Å². The molecule has 4 aromatic rings. The summed E-state index contributed by atoms with van der Waals surface area (Å²) in [6.45, 7) is 2.35. The van der Waals surface area contributed by atoms with Gasteiger partial charge in [-0.15, -0.1) is 13.2 Å². The zero-order valence-corrected chi connectivity index (χ0v) is 21.1. The predicted octanol–water partition coefficient (Wildman–Crippen LogP) is 8.17. The second kappa shape index (κ2) is 12.1. The number of aliphatic carboxylic acids is 1. The fourth-order valence-corrected chi connectivity index (χ4v) is 4.67. The van der Waals surface area contributed by atoms with E-state index in [-0.39, 0.29) is 12.5 Å². The fourth-order valence-electron chi connectivity index (χ4n) is 4.67. The summed E-state index contributed by atoms with van der Waals surface area (Å²) in [7, 11) is 0. The molecule has 0 amide bonds. The van der Waals surface area contributed by atoms with E-state index in [1.807, 2.05) is 72.5 Å². The van der Waals surface area contributed by atoms with E-state index in [2.05, 4.69) is 4.74 Å². The molecule has 4 nitrogen and oxygen atoms in total. The van der Waals surface area contributed by atoms with Crippen molar-refractivity contribution in [2.45, 2.75) is 38.3 Å². The lowest BCUT2D eigenvalue weighted by Gasteiger charge is -2.37. The molecule has 0 saturated carbocycles. The van der Waals surface area contributed by atoms with E-state index in [4.69, 9.17) is 0 Å². The summed E-state index contributed by atoms with van der Waals surface area (Å²) in [6.07, 6.45) is -5.19. The summed E-state index contributed by atoms with van der Waals surface area (Å²) >= 11 is 0. The summed E-state index contributed by atoms with van der Waals surface area (Å²) in [5.41, 5.74) is 2.91. The van der Waals surface area contributed by atoms with Crippen LogP contribution in [0.25, 0.3) is 11.1 Å². The zero-order chi connectivity index (χ0) is 28.0. The van der Waals surface area contributed by atoms with E-state index in [0.29, 0.717) is 23.2 Å². The molecule has 0 aromatic heterocycles. The molecule has 4 aromatic carbocycles. The molecule has 0 aliphatic rings. The van der Waals surface area contributed by atoms with Crippen LogP contribution in [0.15, 0.2) is 103 Å². The second-order valence-corrected chi connectivity index (χ2v) is 9.21. The molecule has 1 N–H and O–H groups in total. The first-order chi connectivity index (χ1) is 18.6. The van der Waals surface area contributed by atoms with Crippen molar-refractivity contribution >= 4 is 5.97 Å². The molecule has 0 heterocycles. The molecular formula is C31H27F4NO3. The molecule has 0 fully saturated rings. The Morgan fingerprint density at radius 2 is 1.51 bits per heavy atom. The van der Waals surface area contributed by atoms with Gasteiger partial charge in [0.05, 0.1) is 6.42 Å². The van der Waals surface area contributed by atoms with Crippen LogP contribution >= 0.6 is 0 Å². The van der Waals surface area contributed by atoms with Gasteiger partial charge in [0.15, 0.2) is 0 Å². The topological polar surface area (TPSA) is 49.8 Å². The Morgan fingerprint density at radius 3 is 2.15 bits per heavy atom. The van der Waals surface area contributed by atoms with Gasteiger partial charge in [-0.1, -0.05) is 72.8 Å². The minimum atomic E-state index is -4.87. The molecule has 2 atom stereocenters. The molecule has 0 aliphatic heterocycles. The number of hydrogen-bond donors (Lipinski definition) is 1. The Hall–Kier alpha value is -4.17. The Bertz CT molecular complexity index is 1390. The minimum absolute atomic E-state index is 0.244. The van der Waals surface area contributed by atoms with Gasteiger partial charge in [-0.25, -0.2) is 4.39 Å². The van der Waals surface area contributed by atoms with Crippen molar-refractivity contribution in [3.63, 3.8) is 0 Å². The lowest BCUT2D eigenvalue weighted by molar-refractivity contribution is -0.274. The number of nitrogens with zero attached hydrogens (tertiary/aromatic N) is 1. The Kier molecular flexibility index (Phi) is 8.66. The highest BCUT2D eigenvalue weighted by atomic mass is 19.4. The van der Waals surface area contributed by atoms with Crippen molar-refractivity contribution in [1.29, 1.82) is 0 Å². The Morgan fingerprint density at radius 1 is 0.846 bits per heavy atom. The first-order valence-corrected chi connectivity index (χ1v) is 12.3. The highest BCUT2D eigenvalue weighted by molar-refractivity contribution is 5.69. The number of ether oxygens (including phenoxy) is 1. The number of carboxylic acids is 1. The molecule has 4 rings (SSSR count). The number of hydrogen-bond acceptors (Lipinski definition) is 3. The maximum Gasteiger partial charge on any atom is 0.573 e. The van der Waals surface area contributed by atoms with Crippen molar-refractivity contribution < 1.29 is 32.2 Å². The Balaban J connectivity index is 1.79. The SMILES string of the molecule is C[C@H](c1ccccc1)N(Cc1ccccc1)[C@@H](CC(=O)O)c1cc(F)cc(-c2cccc(OC(F)(F)F)c2)c1. The lowest BCUT2D eigenvalue weighted by Crippen LogP contribution is -2.33. The smallest absolute Gasteiger partial charge is 0.481 e. The third-order valence-electron chi connectivity index (χ3n) is 6.46. The van der Waals surface area contributed by atoms with Gasteiger partial charge in [0.1, 0.15) is 11.6 Å². The van der Waals surface area contributed by atoms with Crippen LogP contribution in [-0.2, 0) is 11.3 Å². The first-order valence-electron chi connectivity index (χ1n) is 12.3. The van der Waals surface area contributed by atoms with Crippen LogP contribution in [-0.4, -0.2) is 22.3 Å². The summed E-state index contributed by atoms with van der Waals surface area (Å²) in [4.78, 5) is 14.1. The Labute approximate surface area is 224 Å². The number of rotatable bonds is 10. The fraction of sp³-hybridized carbons (Fsp3) is 0.194. The quantitative estimate of drug-likeness (QED) is 0.207. The third-order valence-corrected chi connectivity index (χ3v) is 6.46. The van der Waals surface area contributed by atoms with Crippen LogP contribution in [0.2, 0.25) is 0 Å². The van der Waals surface area contributed by atoms with Gasteiger partial charge in [-0.2, -0.15) is 0 Å². The van der Waals surface area contributed by atoms with Gasteiger partial charge in [0.25, 0.3) is 0 Å². The monoisotopic (exact) mass is 537 g/mol. The molecule has 8 heteroatoms. The van der Waals surface area contributed by atoms with Crippen LogP contribution < -0.4 is 4.74 Å². The normalized spacial score (nSPS) is 13.2. The standard InChI is InChI=1S/C31H27F4NO3/c1-21(23-11-6-3-7-12-23)36(20-22-9-4-2-5-10-22)29(19-30(37)38)26-15-25(16-27(32)17-26)24-13-8-14-28(18-24)39-31(33,34)35/h2-18,21,29H,19-20H2,1H3,(H,37,38)/t21-,29+/m1/s1. The number of alkyl halides is 3. The van der Waals surface area contributed by atoms with E-state index in [1.54, 1.807) is 12.1 Å². The minimum Gasteiger partial charge on any atom is -0.481 e. The van der Waals surface area contributed by atoms with Gasteiger partial charge in [-0.3, -0.25) is 9.69 Å². The van der Waals surface area contributed by atoms with E-state index in [9.17, 15) is 23.1 Å². The highest BCUT2D eigenvalue weighted by Crippen LogP contribution is 2.37. The number of halogens is 4. The van der Waals surface area contributed by atoms with Crippen LogP contribution in [0.3, 0.4) is 0 Å². The highest BCUT2D eigenvalue weighted by Gasteiger charge is 2.31. The molecule has 0 radical (unpaired) electrons. The average Bonchev–Trinajstić information content (AvgIpc) is 2.90. The molecule has 202 valence electrons. The van der Waals surface area contributed by atoms with Crippen LogP contribution in [0.4, 0.5) is 17.6 Å². The van der Waals surface area contributed by atoms with Gasteiger partial charge in [0.2, 0.25) is 0 Å². The zero-order valence-electron chi connectivity index (χ0n) is 21.1. The van der Waals surface area contributed by atoms with E-state index >= 15 is 4.39 Å². The van der Waals surface area contributed by atoms with E-state index in [1.165, 1.54) is 24.3 Å². The van der Waals surface area contributed by atoms with Crippen LogP contribution in [0, 0.1) is 5.82 Å². The number of carbonyl (C=O) groups is 1. The number of benzene rings is 4. The van der Waals surface area contributed by atoms with E-state index < -0.39 is 29.9 Å². The predicted molar refractivity (Wildman–Crippen MR) is 140 cm³/mol. The van der Waals surface area contributed by atoms with Crippen molar-refractivity contribution in [2.75, 3.05) is 0 Å². The average molecular weight is 538 g/mol. The molecule has 0 bridgehead atoms. The van der Waals surface area contributed by atoms with Gasteiger partial charge in [0, 0.05) is 18.6 Å². The summed E-state index contributed by atoms with van der Waals surface area (Å²) in [5, 5.41) is 9.87. The largest absolute Gasteiger partial charge is 0.573 e. The molecular weight excluding hydrogens is 510 g/mol. The van der Waals surface area contributed by atoms with Gasteiger partial charge >= 0.3 is 12.3 Å². The third kappa shape index (κ3) is 7.67. The molecule has 0 saturated heterocycles. The van der Waals surface area contributed by atoms with Crippen LogP contribution in [0.1, 0.15) is 42.1 Å². The molecule has 39 heavy (non-hydrogen) atoms. The van der Waals surface area contributed by atoms with Crippen LogP contribution in [0.5, 0.6) is 5.75 Å². The summed E-state index contributed by atoms with van der Waals surface area (Å²) in [6, 6.07) is 27.5. The lowest BCUT2D eigenvalue weighted by atomic mass is 9.93.